The van der Waals surface area contributed by atoms with Crippen molar-refractivity contribution in [2.45, 2.75) is 56.8 Å². The number of anilines is 1. The van der Waals surface area contributed by atoms with Crippen LogP contribution in [0.2, 0.25) is 0 Å². The lowest BCUT2D eigenvalue weighted by atomic mass is 9.81. The molecule has 5 rings (SSSR count). The Morgan fingerprint density at radius 3 is 2.59 bits per heavy atom. The molecule has 1 saturated carbocycles. The molecule has 1 aliphatic carbocycles. The highest BCUT2D eigenvalue weighted by molar-refractivity contribution is 5.95. The van der Waals surface area contributed by atoms with Gasteiger partial charge in [0.05, 0.1) is 24.6 Å². The lowest BCUT2D eigenvalue weighted by Crippen LogP contribution is -2.50. The van der Waals surface area contributed by atoms with Gasteiger partial charge in [0.1, 0.15) is 5.75 Å². The summed E-state index contributed by atoms with van der Waals surface area (Å²) in [5.41, 5.74) is 2.51. The van der Waals surface area contributed by atoms with Crippen molar-refractivity contribution in [2.24, 2.45) is 11.8 Å². The minimum absolute atomic E-state index is 0.00473. The number of nitrogens with zero attached hydrogens (tertiary/aromatic N) is 1. The minimum atomic E-state index is -2.92. The van der Waals surface area contributed by atoms with Gasteiger partial charge in [-0.05, 0) is 55.2 Å². The Morgan fingerprint density at radius 2 is 1.84 bits per heavy atom. The van der Waals surface area contributed by atoms with Crippen LogP contribution in [-0.4, -0.2) is 55.7 Å². The summed E-state index contributed by atoms with van der Waals surface area (Å²) in [6.45, 7) is -1.68. The molecular formula is C28H33F2N3O4. The first-order valence-electron chi connectivity index (χ1n) is 13.0. The zero-order valence-corrected chi connectivity index (χ0v) is 20.9. The number of para-hydroxylation sites is 1. The van der Waals surface area contributed by atoms with Gasteiger partial charge in [-0.2, -0.15) is 8.78 Å². The lowest BCUT2D eigenvalue weighted by Gasteiger charge is -2.41. The molecule has 1 saturated heterocycles. The van der Waals surface area contributed by atoms with Gasteiger partial charge in [-0.25, -0.2) is 0 Å². The highest BCUT2D eigenvalue weighted by atomic mass is 19.3. The van der Waals surface area contributed by atoms with Crippen molar-refractivity contribution in [3.63, 3.8) is 0 Å². The van der Waals surface area contributed by atoms with Gasteiger partial charge in [0.2, 0.25) is 5.91 Å². The number of amides is 2. The SMILES string of the molecule is COC[C@@H]1Nc2ccccc2[C@@H]2[C@@H]1CCN2C(=O)[C@H]1CCCC[C@H]1NC(=O)c1ccc(OC(F)F)cc1. The molecule has 5 atom stereocenters. The number of halogens is 2. The molecule has 2 heterocycles. The Balaban J connectivity index is 1.33. The predicted octanol–water partition coefficient (Wildman–Crippen LogP) is 4.61. The number of hydrogen-bond donors (Lipinski definition) is 2. The van der Waals surface area contributed by atoms with Crippen LogP contribution < -0.4 is 15.4 Å². The number of alkyl halides is 2. The van der Waals surface area contributed by atoms with E-state index in [0.717, 1.165) is 43.4 Å². The number of likely N-dealkylation sites (tertiary alicyclic amines) is 1. The number of ether oxygens (including phenoxy) is 2. The lowest BCUT2D eigenvalue weighted by molar-refractivity contribution is -0.139. The first-order valence-corrected chi connectivity index (χ1v) is 13.0. The topological polar surface area (TPSA) is 79.9 Å². The minimum Gasteiger partial charge on any atom is -0.435 e. The molecule has 2 fully saturated rings. The van der Waals surface area contributed by atoms with Gasteiger partial charge in [-0.15, -0.1) is 0 Å². The summed E-state index contributed by atoms with van der Waals surface area (Å²) in [6.07, 6.45) is 4.21. The van der Waals surface area contributed by atoms with Crippen LogP contribution in [0.15, 0.2) is 48.5 Å². The number of nitrogens with one attached hydrogen (secondary N) is 2. The number of benzene rings is 2. The van der Waals surface area contributed by atoms with Gasteiger partial charge in [-0.1, -0.05) is 31.0 Å². The van der Waals surface area contributed by atoms with E-state index in [4.69, 9.17) is 4.74 Å². The maximum Gasteiger partial charge on any atom is 0.387 e. The molecule has 2 amide bonds. The molecule has 2 aromatic rings. The smallest absolute Gasteiger partial charge is 0.387 e. The number of rotatable bonds is 7. The van der Waals surface area contributed by atoms with Crippen LogP contribution in [-0.2, 0) is 9.53 Å². The number of methoxy groups -OCH3 is 1. The standard InChI is InChI=1S/C28H33F2N3O4/c1-36-16-24-20-14-15-33(25(20)19-6-2-4-8-22(19)31-24)27(35)21-7-3-5-9-23(21)32-26(34)17-10-12-18(13-11-17)37-28(29)30/h2,4,6,8,10-13,20-21,23-25,28,31H,3,5,7,9,14-16H2,1H3,(H,32,34)/t20-,21+,23-,24+,25-/m1/s1. The molecule has 0 unspecified atom stereocenters. The second-order valence-electron chi connectivity index (χ2n) is 10.1. The molecule has 9 heteroatoms. The zero-order valence-electron chi connectivity index (χ0n) is 20.9. The molecule has 37 heavy (non-hydrogen) atoms. The molecule has 2 aliphatic heterocycles. The highest BCUT2D eigenvalue weighted by Gasteiger charge is 2.48. The van der Waals surface area contributed by atoms with E-state index in [1.165, 1.54) is 24.3 Å². The molecule has 0 radical (unpaired) electrons. The molecular weight excluding hydrogens is 480 g/mol. The van der Waals surface area contributed by atoms with Crippen LogP contribution in [0.5, 0.6) is 5.75 Å². The van der Waals surface area contributed by atoms with Crippen LogP contribution in [0.4, 0.5) is 14.5 Å². The quantitative estimate of drug-likeness (QED) is 0.566. The molecule has 2 N–H and O–H groups in total. The first kappa shape index (κ1) is 25.4. The van der Waals surface area contributed by atoms with Crippen molar-refractivity contribution in [1.29, 1.82) is 0 Å². The molecule has 0 spiro atoms. The van der Waals surface area contributed by atoms with E-state index in [-0.39, 0.29) is 47.5 Å². The average Bonchev–Trinajstić information content (AvgIpc) is 3.35. The van der Waals surface area contributed by atoms with E-state index in [1.807, 2.05) is 17.0 Å². The Bertz CT molecular complexity index is 1110. The summed E-state index contributed by atoms with van der Waals surface area (Å²) >= 11 is 0. The fourth-order valence-electron chi connectivity index (χ4n) is 6.27. The maximum absolute atomic E-state index is 14.0. The van der Waals surface area contributed by atoms with Gasteiger partial charge < -0.3 is 25.0 Å². The average molecular weight is 514 g/mol. The Labute approximate surface area is 215 Å². The maximum atomic E-state index is 14.0. The molecule has 3 aliphatic rings. The molecule has 7 nitrogen and oxygen atoms in total. The summed E-state index contributed by atoms with van der Waals surface area (Å²) in [6, 6.07) is 13.6. The summed E-state index contributed by atoms with van der Waals surface area (Å²) in [4.78, 5) is 29.1. The second-order valence-corrected chi connectivity index (χ2v) is 10.1. The van der Waals surface area contributed by atoms with Crippen molar-refractivity contribution in [3.8, 4) is 5.75 Å². The normalized spacial score (nSPS) is 26.7. The third-order valence-electron chi connectivity index (χ3n) is 7.95. The monoisotopic (exact) mass is 513 g/mol. The fraction of sp³-hybridized carbons (Fsp3) is 0.500. The molecule has 0 aromatic heterocycles. The van der Waals surface area contributed by atoms with Crippen molar-refractivity contribution in [2.75, 3.05) is 25.6 Å². The Hall–Kier alpha value is -3.20. The zero-order chi connectivity index (χ0) is 25.9. The highest BCUT2D eigenvalue weighted by Crippen LogP contribution is 2.47. The molecule has 2 aromatic carbocycles. The Kier molecular flexibility index (Phi) is 7.60. The summed E-state index contributed by atoms with van der Waals surface area (Å²) in [5.74, 6) is -0.286. The van der Waals surface area contributed by atoms with Crippen LogP contribution in [0.3, 0.4) is 0 Å². The van der Waals surface area contributed by atoms with Gasteiger partial charge >= 0.3 is 6.61 Å². The third kappa shape index (κ3) is 5.28. The van der Waals surface area contributed by atoms with E-state index >= 15 is 0 Å². The van der Waals surface area contributed by atoms with Crippen LogP contribution >= 0.6 is 0 Å². The third-order valence-corrected chi connectivity index (χ3v) is 7.95. The van der Waals surface area contributed by atoms with Crippen molar-refractivity contribution in [3.05, 3.63) is 59.7 Å². The van der Waals surface area contributed by atoms with E-state index in [1.54, 1.807) is 7.11 Å². The summed E-state index contributed by atoms with van der Waals surface area (Å²) in [5, 5.41) is 6.67. The van der Waals surface area contributed by atoms with E-state index in [9.17, 15) is 18.4 Å². The van der Waals surface area contributed by atoms with Crippen molar-refractivity contribution >= 4 is 17.5 Å². The largest absolute Gasteiger partial charge is 0.435 e. The van der Waals surface area contributed by atoms with E-state index < -0.39 is 6.61 Å². The summed E-state index contributed by atoms with van der Waals surface area (Å²) < 4.78 is 34.7. The van der Waals surface area contributed by atoms with Crippen molar-refractivity contribution in [1.82, 2.24) is 10.2 Å². The van der Waals surface area contributed by atoms with Crippen molar-refractivity contribution < 1.29 is 27.8 Å². The number of hydrogen-bond acceptors (Lipinski definition) is 5. The molecule has 0 bridgehead atoms. The predicted molar refractivity (Wildman–Crippen MR) is 135 cm³/mol. The van der Waals surface area contributed by atoms with Gasteiger partial charge in [0.15, 0.2) is 0 Å². The first-order chi connectivity index (χ1) is 18.0. The summed E-state index contributed by atoms with van der Waals surface area (Å²) in [7, 11) is 1.70. The van der Waals surface area contributed by atoms with Gasteiger partial charge in [0, 0.05) is 36.9 Å². The Morgan fingerprint density at radius 1 is 1.08 bits per heavy atom. The van der Waals surface area contributed by atoms with E-state index in [2.05, 4.69) is 27.5 Å². The molecule has 198 valence electrons. The van der Waals surface area contributed by atoms with Crippen LogP contribution in [0.1, 0.15) is 54.1 Å². The number of carbonyl (C=O) groups is 2. The van der Waals surface area contributed by atoms with Crippen LogP contribution in [0, 0.1) is 11.8 Å². The number of fused-ring (bicyclic) bond motifs is 3. The van der Waals surface area contributed by atoms with Gasteiger partial charge in [0.25, 0.3) is 5.91 Å². The van der Waals surface area contributed by atoms with Gasteiger partial charge in [-0.3, -0.25) is 9.59 Å². The fourth-order valence-corrected chi connectivity index (χ4v) is 6.27. The second kappa shape index (κ2) is 11.0. The van der Waals surface area contributed by atoms with Crippen LogP contribution in [0.25, 0.3) is 0 Å². The number of carbonyl (C=O) groups excluding carboxylic acids is 2. The van der Waals surface area contributed by atoms with E-state index in [0.29, 0.717) is 18.7 Å².